The number of nitrogens with zero attached hydrogens (tertiary/aromatic N) is 1. The molecule has 0 aromatic rings. The molecule has 0 aromatic carbocycles. The second kappa shape index (κ2) is 13.8. The van der Waals surface area contributed by atoms with Gasteiger partial charge in [-0.3, -0.25) is 9.59 Å². The zero-order valence-electron chi connectivity index (χ0n) is 17.5. The van der Waals surface area contributed by atoms with Crippen molar-refractivity contribution in [2.24, 2.45) is 5.92 Å². The summed E-state index contributed by atoms with van der Waals surface area (Å²) in [6.45, 7) is 7.08. The fourth-order valence-corrected chi connectivity index (χ4v) is 3.51. The molecule has 0 radical (unpaired) electrons. The lowest BCUT2D eigenvalue weighted by Crippen LogP contribution is -2.32. The lowest BCUT2D eigenvalue weighted by atomic mass is 10.0. The summed E-state index contributed by atoms with van der Waals surface area (Å²) in [7, 11) is 0. The van der Waals surface area contributed by atoms with E-state index in [2.05, 4.69) is 6.92 Å². The average Bonchev–Trinajstić information content (AvgIpc) is 3.00. The van der Waals surface area contributed by atoms with Gasteiger partial charge in [0.1, 0.15) is 0 Å². The number of ether oxygens (including phenoxy) is 1. The highest BCUT2D eigenvalue weighted by atomic mass is 16.5. The summed E-state index contributed by atoms with van der Waals surface area (Å²) < 4.78 is 5.03. The fourth-order valence-electron chi connectivity index (χ4n) is 3.51. The van der Waals surface area contributed by atoms with Crippen LogP contribution in [0.25, 0.3) is 0 Å². The SMILES string of the molecule is CCCCCC(O)/C=C/C1CCC(=O)N1CCCCCC(C)C(=O)OCC. The van der Waals surface area contributed by atoms with Crippen molar-refractivity contribution in [3.8, 4) is 0 Å². The van der Waals surface area contributed by atoms with E-state index in [1.165, 1.54) is 0 Å². The number of aliphatic hydroxyl groups excluding tert-OH is 1. The van der Waals surface area contributed by atoms with Crippen molar-refractivity contribution in [3.63, 3.8) is 0 Å². The van der Waals surface area contributed by atoms with Gasteiger partial charge in [-0.05, 0) is 32.6 Å². The molecule has 27 heavy (non-hydrogen) atoms. The molecule has 3 atom stereocenters. The number of unbranched alkanes of at least 4 members (excludes halogenated alkanes) is 4. The number of likely N-dealkylation sites (tertiary alicyclic amines) is 1. The number of carbonyl (C=O) groups is 2. The summed E-state index contributed by atoms with van der Waals surface area (Å²) in [6.07, 6.45) is 12.8. The standard InChI is InChI=1S/C22H39NO4/c1-4-6-8-12-20(24)15-13-19-14-16-21(25)23(19)17-10-7-9-11-18(3)22(26)27-5-2/h13,15,18-20,24H,4-12,14,16-17H2,1-3H3/b15-13+. The second-order valence-electron chi connectivity index (χ2n) is 7.64. The third kappa shape index (κ3) is 9.41. The van der Waals surface area contributed by atoms with Crippen LogP contribution in [0.2, 0.25) is 0 Å². The van der Waals surface area contributed by atoms with Crippen molar-refractivity contribution in [2.75, 3.05) is 13.2 Å². The molecule has 1 heterocycles. The molecule has 1 amide bonds. The Hall–Kier alpha value is -1.36. The van der Waals surface area contributed by atoms with E-state index in [0.29, 0.717) is 13.0 Å². The first-order valence-corrected chi connectivity index (χ1v) is 10.8. The first-order chi connectivity index (χ1) is 13.0. The third-order valence-corrected chi connectivity index (χ3v) is 5.26. The van der Waals surface area contributed by atoms with Crippen molar-refractivity contribution >= 4 is 11.9 Å². The lowest BCUT2D eigenvalue weighted by Gasteiger charge is -2.23. The van der Waals surface area contributed by atoms with Gasteiger partial charge in [-0.25, -0.2) is 0 Å². The molecule has 0 aromatic heterocycles. The van der Waals surface area contributed by atoms with Crippen LogP contribution >= 0.6 is 0 Å². The first kappa shape index (κ1) is 23.7. The molecule has 1 aliphatic heterocycles. The van der Waals surface area contributed by atoms with E-state index in [4.69, 9.17) is 4.74 Å². The number of rotatable bonds is 14. The van der Waals surface area contributed by atoms with Gasteiger partial charge in [0, 0.05) is 13.0 Å². The van der Waals surface area contributed by atoms with E-state index >= 15 is 0 Å². The molecular weight excluding hydrogens is 342 g/mol. The topological polar surface area (TPSA) is 66.8 Å². The van der Waals surface area contributed by atoms with Crippen molar-refractivity contribution in [2.45, 2.75) is 97.1 Å². The Bertz CT molecular complexity index is 463. The highest BCUT2D eigenvalue weighted by Crippen LogP contribution is 2.21. The van der Waals surface area contributed by atoms with Gasteiger partial charge >= 0.3 is 5.97 Å². The van der Waals surface area contributed by atoms with E-state index in [1.807, 2.05) is 30.9 Å². The number of hydrogen-bond acceptors (Lipinski definition) is 4. The van der Waals surface area contributed by atoms with Crippen LogP contribution in [-0.4, -0.2) is 47.2 Å². The monoisotopic (exact) mass is 381 g/mol. The number of esters is 1. The Morgan fingerprint density at radius 3 is 2.67 bits per heavy atom. The molecule has 5 heteroatoms. The Kier molecular flexibility index (Phi) is 12.1. The normalized spacial score (nSPS) is 19.6. The van der Waals surface area contributed by atoms with Crippen molar-refractivity contribution in [3.05, 3.63) is 12.2 Å². The summed E-state index contributed by atoms with van der Waals surface area (Å²) in [5.41, 5.74) is 0. The maximum atomic E-state index is 12.1. The molecule has 1 saturated heterocycles. The molecule has 1 fully saturated rings. The molecule has 5 nitrogen and oxygen atoms in total. The average molecular weight is 382 g/mol. The van der Waals surface area contributed by atoms with E-state index in [1.54, 1.807) is 0 Å². The van der Waals surface area contributed by atoms with Crippen LogP contribution < -0.4 is 0 Å². The number of carbonyl (C=O) groups excluding carboxylic acids is 2. The van der Waals surface area contributed by atoms with E-state index in [9.17, 15) is 14.7 Å². The maximum absolute atomic E-state index is 12.1. The number of hydrogen-bond donors (Lipinski definition) is 1. The largest absolute Gasteiger partial charge is 0.466 e. The summed E-state index contributed by atoms with van der Waals surface area (Å²) in [5, 5.41) is 10.0. The zero-order valence-corrected chi connectivity index (χ0v) is 17.5. The molecule has 0 spiro atoms. The van der Waals surface area contributed by atoms with Crippen LogP contribution in [0.3, 0.4) is 0 Å². The second-order valence-corrected chi connectivity index (χ2v) is 7.64. The lowest BCUT2D eigenvalue weighted by molar-refractivity contribution is -0.147. The van der Waals surface area contributed by atoms with E-state index in [-0.39, 0.29) is 23.8 Å². The van der Waals surface area contributed by atoms with Gasteiger partial charge in [-0.1, -0.05) is 58.1 Å². The highest BCUT2D eigenvalue weighted by Gasteiger charge is 2.28. The van der Waals surface area contributed by atoms with Crippen LogP contribution in [0.4, 0.5) is 0 Å². The number of amides is 1. The molecule has 1 aliphatic rings. The summed E-state index contributed by atoms with van der Waals surface area (Å²) in [5.74, 6) is 0.0446. The Balaban J connectivity index is 2.29. The van der Waals surface area contributed by atoms with Crippen molar-refractivity contribution < 1.29 is 19.4 Å². The predicted molar refractivity (Wildman–Crippen MR) is 108 cm³/mol. The Labute approximate surface area is 165 Å². The number of aliphatic hydroxyl groups is 1. The Morgan fingerprint density at radius 2 is 1.96 bits per heavy atom. The summed E-state index contributed by atoms with van der Waals surface area (Å²) >= 11 is 0. The van der Waals surface area contributed by atoms with Gasteiger partial charge < -0.3 is 14.7 Å². The van der Waals surface area contributed by atoms with Crippen LogP contribution in [0.1, 0.15) is 85.0 Å². The van der Waals surface area contributed by atoms with Crippen LogP contribution in [-0.2, 0) is 14.3 Å². The molecule has 0 bridgehead atoms. The minimum atomic E-state index is -0.404. The van der Waals surface area contributed by atoms with Crippen LogP contribution in [0, 0.1) is 5.92 Å². The van der Waals surface area contributed by atoms with E-state index < -0.39 is 6.10 Å². The summed E-state index contributed by atoms with van der Waals surface area (Å²) in [6, 6.07) is 0.122. The van der Waals surface area contributed by atoms with Gasteiger partial charge in [-0.2, -0.15) is 0 Å². The van der Waals surface area contributed by atoms with E-state index in [0.717, 1.165) is 64.3 Å². The summed E-state index contributed by atoms with van der Waals surface area (Å²) in [4.78, 5) is 25.7. The molecule has 3 unspecified atom stereocenters. The molecule has 0 saturated carbocycles. The molecule has 1 N–H and O–H groups in total. The minimum absolute atomic E-state index is 0.0525. The zero-order chi connectivity index (χ0) is 20.1. The molecule has 156 valence electrons. The highest BCUT2D eigenvalue weighted by molar-refractivity contribution is 5.79. The fraction of sp³-hybridized carbons (Fsp3) is 0.818. The minimum Gasteiger partial charge on any atom is -0.466 e. The quantitative estimate of drug-likeness (QED) is 0.278. The predicted octanol–water partition coefficient (Wildman–Crippen LogP) is 4.23. The maximum Gasteiger partial charge on any atom is 0.308 e. The van der Waals surface area contributed by atoms with Crippen LogP contribution in [0.15, 0.2) is 12.2 Å². The van der Waals surface area contributed by atoms with Crippen molar-refractivity contribution in [1.82, 2.24) is 4.90 Å². The van der Waals surface area contributed by atoms with Crippen LogP contribution in [0.5, 0.6) is 0 Å². The van der Waals surface area contributed by atoms with Crippen molar-refractivity contribution in [1.29, 1.82) is 0 Å². The molecular formula is C22H39NO4. The molecule has 1 rings (SSSR count). The smallest absolute Gasteiger partial charge is 0.308 e. The molecule has 0 aliphatic carbocycles. The van der Waals surface area contributed by atoms with Gasteiger partial charge in [0.25, 0.3) is 0 Å². The van der Waals surface area contributed by atoms with Gasteiger partial charge in [-0.15, -0.1) is 0 Å². The van der Waals surface area contributed by atoms with Gasteiger partial charge in [0.2, 0.25) is 5.91 Å². The third-order valence-electron chi connectivity index (χ3n) is 5.26. The Morgan fingerprint density at radius 1 is 1.22 bits per heavy atom. The van der Waals surface area contributed by atoms with Gasteiger partial charge in [0.15, 0.2) is 0 Å². The first-order valence-electron chi connectivity index (χ1n) is 10.8. The van der Waals surface area contributed by atoms with Gasteiger partial charge in [0.05, 0.1) is 24.7 Å².